The summed E-state index contributed by atoms with van der Waals surface area (Å²) in [5.74, 6) is 5.25. The van der Waals surface area contributed by atoms with Crippen molar-refractivity contribution in [2.45, 2.75) is 37.5 Å². The summed E-state index contributed by atoms with van der Waals surface area (Å²) in [5.41, 5.74) is 3.26. The molecule has 1 aliphatic carbocycles. The number of nitrogen functional groups attached to an aromatic ring is 1. The van der Waals surface area contributed by atoms with Gasteiger partial charge in [0.25, 0.3) is 0 Å². The van der Waals surface area contributed by atoms with Crippen LogP contribution in [0.25, 0.3) is 0 Å². The Balaban J connectivity index is 2.05. The molecule has 0 unspecified atom stereocenters. The highest BCUT2D eigenvalue weighted by atomic mass is 32.2. The average Bonchev–Trinajstić information content (AvgIpc) is 2.84. The van der Waals surface area contributed by atoms with Gasteiger partial charge in [0.05, 0.1) is 4.90 Å². The van der Waals surface area contributed by atoms with Crippen molar-refractivity contribution < 1.29 is 8.42 Å². The average molecular weight is 283 g/mol. The van der Waals surface area contributed by atoms with Crippen molar-refractivity contribution in [3.8, 4) is 0 Å². The molecule has 106 valence electrons. The largest absolute Gasteiger partial charge is 0.324 e. The highest BCUT2D eigenvalue weighted by Gasteiger charge is 2.30. The number of hydrazine groups is 1. The van der Waals surface area contributed by atoms with Crippen LogP contribution < -0.4 is 16.0 Å². The molecule has 1 aliphatic rings. The first-order valence-electron chi connectivity index (χ1n) is 6.52. The number of rotatable bonds is 5. The third-order valence-electron chi connectivity index (χ3n) is 3.83. The standard InChI is InChI=1S/C13H21N3O2S/c1-13(8-2-3-9-13)10-15-19(17,18)12-6-4-11(16-14)5-7-12/h4-7,15-16H,2-3,8-10,14H2,1H3. The fraction of sp³-hybridized carbons (Fsp3) is 0.538. The number of nitrogens with one attached hydrogen (secondary N) is 2. The Labute approximate surface area is 114 Å². The zero-order valence-corrected chi connectivity index (χ0v) is 12.0. The zero-order chi connectivity index (χ0) is 13.9. The maximum Gasteiger partial charge on any atom is 0.240 e. The molecule has 19 heavy (non-hydrogen) atoms. The molecule has 6 heteroatoms. The first kappa shape index (κ1) is 14.3. The molecule has 1 aromatic carbocycles. The van der Waals surface area contributed by atoms with Gasteiger partial charge in [-0.3, -0.25) is 5.84 Å². The van der Waals surface area contributed by atoms with Crippen LogP contribution in [0.15, 0.2) is 29.2 Å². The molecule has 0 radical (unpaired) electrons. The minimum atomic E-state index is -3.43. The van der Waals surface area contributed by atoms with E-state index in [1.165, 1.54) is 12.8 Å². The monoisotopic (exact) mass is 283 g/mol. The van der Waals surface area contributed by atoms with Gasteiger partial charge in [-0.05, 0) is 42.5 Å². The van der Waals surface area contributed by atoms with Gasteiger partial charge in [-0.2, -0.15) is 0 Å². The van der Waals surface area contributed by atoms with Gasteiger partial charge in [-0.15, -0.1) is 0 Å². The van der Waals surface area contributed by atoms with Crippen molar-refractivity contribution in [1.82, 2.24) is 4.72 Å². The Morgan fingerprint density at radius 2 is 1.79 bits per heavy atom. The van der Waals surface area contributed by atoms with E-state index in [2.05, 4.69) is 17.1 Å². The highest BCUT2D eigenvalue weighted by Crippen LogP contribution is 2.36. The van der Waals surface area contributed by atoms with Crippen LogP contribution in [0.1, 0.15) is 32.6 Å². The molecule has 2 rings (SSSR count). The number of benzene rings is 1. The van der Waals surface area contributed by atoms with Crippen molar-refractivity contribution in [2.75, 3.05) is 12.0 Å². The SMILES string of the molecule is CC1(CNS(=O)(=O)c2ccc(NN)cc2)CCCC1. The minimum absolute atomic E-state index is 0.103. The highest BCUT2D eigenvalue weighted by molar-refractivity contribution is 7.89. The molecule has 1 saturated carbocycles. The van der Waals surface area contributed by atoms with E-state index >= 15 is 0 Å². The summed E-state index contributed by atoms with van der Waals surface area (Å²) in [6, 6.07) is 6.39. The molecule has 1 aromatic rings. The van der Waals surface area contributed by atoms with Crippen LogP contribution in [-0.2, 0) is 10.0 Å². The Morgan fingerprint density at radius 3 is 2.32 bits per heavy atom. The van der Waals surface area contributed by atoms with Crippen molar-refractivity contribution in [3.63, 3.8) is 0 Å². The number of hydrogen-bond acceptors (Lipinski definition) is 4. The topological polar surface area (TPSA) is 84.2 Å². The third-order valence-corrected chi connectivity index (χ3v) is 5.25. The molecule has 0 aliphatic heterocycles. The van der Waals surface area contributed by atoms with Crippen LogP contribution in [0.3, 0.4) is 0 Å². The number of anilines is 1. The molecule has 0 aromatic heterocycles. The second kappa shape index (κ2) is 5.48. The van der Waals surface area contributed by atoms with Gasteiger partial charge in [0.2, 0.25) is 10.0 Å². The lowest BCUT2D eigenvalue weighted by atomic mass is 9.89. The Morgan fingerprint density at radius 1 is 1.21 bits per heavy atom. The van der Waals surface area contributed by atoms with Gasteiger partial charge in [-0.25, -0.2) is 13.1 Å². The van der Waals surface area contributed by atoms with E-state index < -0.39 is 10.0 Å². The van der Waals surface area contributed by atoms with Crippen LogP contribution in [0, 0.1) is 5.41 Å². The van der Waals surface area contributed by atoms with E-state index in [1.807, 2.05) is 0 Å². The fourth-order valence-electron chi connectivity index (χ4n) is 2.49. The lowest BCUT2D eigenvalue weighted by Crippen LogP contribution is -2.34. The quantitative estimate of drug-likeness (QED) is 0.568. The van der Waals surface area contributed by atoms with Gasteiger partial charge >= 0.3 is 0 Å². The molecular formula is C13H21N3O2S. The third kappa shape index (κ3) is 3.46. The minimum Gasteiger partial charge on any atom is -0.324 e. The van der Waals surface area contributed by atoms with Crippen LogP contribution in [0.2, 0.25) is 0 Å². The zero-order valence-electron chi connectivity index (χ0n) is 11.1. The van der Waals surface area contributed by atoms with Gasteiger partial charge in [0.15, 0.2) is 0 Å². The van der Waals surface area contributed by atoms with E-state index in [1.54, 1.807) is 24.3 Å². The molecular weight excluding hydrogens is 262 g/mol. The molecule has 5 nitrogen and oxygen atoms in total. The second-order valence-electron chi connectivity index (χ2n) is 5.51. The molecule has 0 amide bonds. The molecule has 0 spiro atoms. The fourth-order valence-corrected chi connectivity index (χ4v) is 3.69. The molecule has 0 bridgehead atoms. The van der Waals surface area contributed by atoms with Gasteiger partial charge in [0, 0.05) is 12.2 Å². The van der Waals surface area contributed by atoms with E-state index in [0.29, 0.717) is 12.2 Å². The number of hydrogen-bond donors (Lipinski definition) is 3. The van der Waals surface area contributed by atoms with Crippen LogP contribution in [-0.4, -0.2) is 15.0 Å². The van der Waals surface area contributed by atoms with Crippen LogP contribution in [0.5, 0.6) is 0 Å². The first-order valence-corrected chi connectivity index (χ1v) is 8.00. The maximum atomic E-state index is 12.2. The molecule has 0 heterocycles. The predicted molar refractivity (Wildman–Crippen MR) is 76.0 cm³/mol. The first-order chi connectivity index (χ1) is 8.95. The van der Waals surface area contributed by atoms with E-state index in [4.69, 9.17) is 5.84 Å². The second-order valence-corrected chi connectivity index (χ2v) is 7.28. The Hall–Kier alpha value is -1.11. The normalized spacial score (nSPS) is 18.4. The Bertz CT molecular complexity index is 519. The number of nitrogens with two attached hydrogens (primary N) is 1. The van der Waals surface area contributed by atoms with Crippen molar-refractivity contribution in [2.24, 2.45) is 11.3 Å². The van der Waals surface area contributed by atoms with Crippen molar-refractivity contribution >= 4 is 15.7 Å². The van der Waals surface area contributed by atoms with Crippen molar-refractivity contribution in [1.29, 1.82) is 0 Å². The van der Waals surface area contributed by atoms with Gasteiger partial charge < -0.3 is 5.43 Å². The summed E-state index contributed by atoms with van der Waals surface area (Å²) in [7, 11) is -3.43. The summed E-state index contributed by atoms with van der Waals surface area (Å²) >= 11 is 0. The summed E-state index contributed by atoms with van der Waals surface area (Å²) < 4.78 is 27.1. The molecule has 4 N–H and O–H groups in total. The maximum absolute atomic E-state index is 12.2. The lowest BCUT2D eigenvalue weighted by molar-refractivity contribution is 0.336. The van der Waals surface area contributed by atoms with E-state index in [9.17, 15) is 8.42 Å². The Kier molecular flexibility index (Phi) is 4.13. The van der Waals surface area contributed by atoms with Gasteiger partial charge in [0.1, 0.15) is 0 Å². The van der Waals surface area contributed by atoms with Gasteiger partial charge in [-0.1, -0.05) is 19.8 Å². The summed E-state index contributed by atoms with van der Waals surface area (Å²) in [4.78, 5) is 0.271. The summed E-state index contributed by atoms with van der Waals surface area (Å²) in [6.45, 7) is 2.65. The molecule has 0 atom stereocenters. The number of sulfonamides is 1. The predicted octanol–water partition coefficient (Wildman–Crippen LogP) is 1.83. The molecule has 0 saturated heterocycles. The summed E-state index contributed by atoms with van der Waals surface area (Å²) in [6.07, 6.45) is 4.56. The lowest BCUT2D eigenvalue weighted by Gasteiger charge is -2.23. The van der Waals surface area contributed by atoms with E-state index in [0.717, 1.165) is 12.8 Å². The van der Waals surface area contributed by atoms with Crippen LogP contribution in [0.4, 0.5) is 5.69 Å². The van der Waals surface area contributed by atoms with Crippen molar-refractivity contribution in [3.05, 3.63) is 24.3 Å². The van der Waals surface area contributed by atoms with E-state index in [-0.39, 0.29) is 10.3 Å². The summed E-state index contributed by atoms with van der Waals surface area (Å²) in [5, 5.41) is 0. The smallest absolute Gasteiger partial charge is 0.240 e. The van der Waals surface area contributed by atoms with Crippen LogP contribution >= 0.6 is 0 Å². The molecule has 1 fully saturated rings.